The summed E-state index contributed by atoms with van der Waals surface area (Å²) in [6, 6.07) is 15.1. The van der Waals surface area contributed by atoms with Crippen LogP contribution in [0.4, 0.5) is 5.69 Å². The number of rotatable bonds is 7. The number of dihydropyridines is 1. The van der Waals surface area contributed by atoms with Crippen LogP contribution < -0.4 is 5.32 Å². The van der Waals surface area contributed by atoms with Crippen molar-refractivity contribution in [2.75, 3.05) is 0 Å². The van der Waals surface area contributed by atoms with Crippen molar-refractivity contribution in [1.29, 1.82) is 0 Å². The average molecular weight is 450 g/mol. The topological polar surface area (TPSA) is 108 Å². The smallest absolute Gasteiger partial charge is 0.337 e. The standard InChI is InChI=1S/C25H26N2O6/c1-15(2)33-25(29)22-17(4)26-16(3)21(24(28)32-14-18-9-6-5-7-10-18)23(22)19-11-8-12-20(13-19)27(30)31/h5-13,15,23,26H,14H2,1-4H3. The highest BCUT2D eigenvalue weighted by Crippen LogP contribution is 2.40. The van der Waals surface area contributed by atoms with E-state index >= 15 is 0 Å². The molecule has 0 aliphatic carbocycles. The number of nitrogens with zero attached hydrogens (tertiary/aromatic N) is 1. The molecule has 0 spiro atoms. The molecule has 8 nitrogen and oxygen atoms in total. The van der Waals surface area contributed by atoms with E-state index in [-0.39, 0.29) is 29.5 Å². The molecule has 0 bridgehead atoms. The maximum Gasteiger partial charge on any atom is 0.337 e. The lowest BCUT2D eigenvalue weighted by Gasteiger charge is -2.30. The number of nitrogens with one attached hydrogen (secondary N) is 1. The van der Waals surface area contributed by atoms with Crippen LogP contribution >= 0.6 is 0 Å². The van der Waals surface area contributed by atoms with Crippen LogP contribution in [-0.2, 0) is 25.7 Å². The van der Waals surface area contributed by atoms with Crippen molar-refractivity contribution in [3.63, 3.8) is 0 Å². The lowest BCUT2D eigenvalue weighted by Crippen LogP contribution is -2.33. The number of nitro groups is 1. The van der Waals surface area contributed by atoms with Crippen molar-refractivity contribution in [1.82, 2.24) is 5.32 Å². The Labute approximate surface area is 192 Å². The molecular formula is C25H26N2O6. The zero-order chi connectivity index (χ0) is 24.1. The van der Waals surface area contributed by atoms with Gasteiger partial charge < -0.3 is 14.8 Å². The van der Waals surface area contributed by atoms with Gasteiger partial charge in [-0.3, -0.25) is 10.1 Å². The molecule has 1 aliphatic rings. The molecule has 172 valence electrons. The lowest BCUT2D eigenvalue weighted by atomic mass is 9.80. The van der Waals surface area contributed by atoms with Crippen LogP contribution in [0.2, 0.25) is 0 Å². The summed E-state index contributed by atoms with van der Waals surface area (Å²) in [7, 11) is 0. The number of esters is 2. The lowest BCUT2D eigenvalue weighted by molar-refractivity contribution is -0.384. The van der Waals surface area contributed by atoms with Crippen LogP contribution in [-0.4, -0.2) is 23.0 Å². The van der Waals surface area contributed by atoms with Gasteiger partial charge in [-0.2, -0.15) is 0 Å². The van der Waals surface area contributed by atoms with Gasteiger partial charge in [0.2, 0.25) is 0 Å². The van der Waals surface area contributed by atoms with Gasteiger partial charge in [0.05, 0.1) is 28.1 Å². The summed E-state index contributed by atoms with van der Waals surface area (Å²) in [6.07, 6.45) is -0.385. The average Bonchev–Trinajstić information content (AvgIpc) is 2.77. The molecule has 1 unspecified atom stereocenters. The van der Waals surface area contributed by atoms with E-state index in [0.717, 1.165) is 5.56 Å². The first kappa shape index (κ1) is 23.7. The molecular weight excluding hydrogens is 424 g/mol. The fraction of sp³-hybridized carbons (Fsp3) is 0.280. The van der Waals surface area contributed by atoms with E-state index in [1.54, 1.807) is 33.8 Å². The van der Waals surface area contributed by atoms with E-state index < -0.39 is 22.8 Å². The third-order valence-electron chi connectivity index (χ3n) is 5.17. The van der Waals surface area contributed by atoms with Gasteiger partial charge in [-0.1, -0.05) is 42.5 Å². The molecule has 0 aromatic heterocycles. The molecule has 0 saturated heterocycles. The van der Waals surface area contributed by atoms with Crippen molar-refractivity contribution in [2.45, 2.75) is 46.3 Å². The largest absolute Gasteiger partial charge is 0.460 e. The number of non-ortho nitro benzene ring substituents is 1. The predicted molar refractivity (Wildman–Crippen MR) is 122 cm³/mol. The van der Waals surface area contributed by atoms with E-state index in [2.05, 4.69) is 5.32 Å². The zero-order valence-electron chi connectivity index (χ0n) is 19.0. The molecule has 0 radical (unpaired) electrons. The van der Waals surface area contributed by atoms with Crippen LogP contribution in [0.3, 0.4) is 0 Å². The molecule has 1 atom stereocenters. The molecule has 1 N–H and O–H groups in total. The third-order valence-corrected chi connectivity index (χ3v) is 5.17. The summed E-state index contributed by atoms with van der Waals surface area (Å²) in [5.74, 6) is -2.12. The number of ether oxygens (including phenoxy) is 2. The quantitative estimate of drug-likeness (QED) is 0.375. The molecule has 1 heterocycles. The highest BCUT2D eigenvalue weighted by atomic mass is 16.6. The summed E-state index contributed by atoms with van der Waals surface area (Å²) < 4.78 is 11.0. The number of nitro benzene ring substituents is 1. The molecule has 2 aromatic carbocycles. The zero-order valence-corrected chi connectivity index (χ0v) is 19.0. The maximum atomic E-state index is 13.3. The fourth-order valence-corrected chi connectivity index (χ4v) is 3.76. The second-order valence-electron chi connectivity index (χ2n) is 8.00. The highest BCUT2D eigenvalue weighted by Gasteiger charge is 2.38. The van der Waals surface area contributed by atoms with Crippen molar-refractivity contribution in [3.05, 3.63) is 98.4 Å². The monoisotopic (exact) mass is 450 g/mol. The summed E-state index contributed by atoms with van der Waals surface area (Å²) in [6.45, 7) is 6.91. The number of carbonyl (C=O) groups is 2. The maximum absolute atomic E-state index is 13.3. The van der Waals surface area contributed by atoms with Gasteiger partial charge in [-0.25, -0.2) is 9.59 Å². The van der Waals surface area contributed by atoms with E-state index in [0.29, 0.717) is 17.0 Å². The van der Waals surface area contributed by atoms with Gasteiger partial charge in [-0.15, -0.1) is 0 Å². The Kier molecular flexibility index (Phi) is 7.27. The Balaban J connectivity index is 2.06. The van der Waals surface area contributed by atoms with E-state index in [4.69, 9.17) is 9.47 Å². The highest BCUT2D eigenvalue weighted by molar-refractivity contribution is 6.00. The van der Waals surface area contributed by atoms with Gasteiger partial charge in [0, 0.05) is 23.5 Å². The summed E-state index contributed by atoms with van der Waals surface area (Å²) in [5, 5.41) is 14.5. The number of carbonyl (C=O) groups excluding carboxylic acids is 2. The summed E-state index contributed by atoms with van der Waals surface area (Å²) in [4.78, 5) is 37.2. The van der Waals surface area contributed by atoms with E-state index in [1.807, 2.05) is 30.3 Å². The Hall–Kier alpha value is -3.94. The van der Waals surface area contributed by atoms with Crippen molar-refractivity contribution < 1.29 is 24.0 Å². The first-order chi connectivity index (χ1) is 15.7. The second kappa shape index (κ2) is 10.1. The Bertz CT molecular complexity index is 1130. The Morgan fingerprint density at radius 2 is 1.64 bits per heavy atom. The molecule has 0 fully saturated rings. The molecule has 33 heavy (non-hydrogen) atoms. The van der Waals surface area contributed by atoms with E-state index in [1.165, 1.54) is 18.2 Å². The number of hydrogen-bond acceptors (Lipinski definition) is 7. The molecule has 1 aliphatic heterocycles. The molecule has 0 saturated carbocycles. The third kappa shape index (κ3) is 5.46. The fourth-order valence-electron chi connectivity index (χ4n) is 3.76. The summed E-state index contributed by atoms with van der Waals surface area (Å²) >= 11 is 0. The van der Waals surface area contributed by atoms with Crippen LogP contribution in [0, 0.1) is 10.1 Å². The Morgan fingerprint density at radius 1 is 1.00 bits per heavy atom. The minimum atomic E-state index is -0.888. The molecule has 8 heteroatoms. The first-order valence-corrected chi connectivity index (χ1v) is 10.5. The van der Waals surface area contributed by atoms with Crippen LogP contribution in [0.25, 0.3) is 0 Å². The van der Waals surface area contributed by atoms with Gasteiger partial charge in [-0.05, 0) is 38.8 Å². The van der Waals surface area contributed by atoms with Crippen LogP contribution in [0.5, 0.6) is 0 Å². The Morgan fingerprint density at radius 3 is 2.24 bits per heavy atom. The van der Waals surface area contributed by atoms with E-state index in [9.17, 15) is 19.7 Å². The minimum absolute atomic E-state index is 0.0482. The molecule has 3 rings (SSSR count). The second-order valence-corrected chi connectivity index (χ2v) is 8.00. The van der Waals surface area contributed by atoms with Gasteiger partial charge in [0.1, 0.15) is 6.61 Å². The molecule has 0 amide bonds. The van der Waals surface area contributed by atoms with Crippen LogP contribution in [0.1, 0.15) is 44.7 Å². The van der Waals surface area contributed by atoms with Gasteiger partial charge in [0.25, 0.3) is 5.69 Å². The van der Waals surface area contributed by atoms with Crippen molar-refractivity contribution >= 4 is 17.6 Å². The number of allylic oxidation sites excluding steroid dienone is 2. The van der Waals surface area contributed by atoms with Crippen molar-refractivity contribution in [2.24, 2.45) is 0 Å². The van der Waals surface area contributed by atoms with Gasteiger partial charge >= 0.3 is 11.9 Å². The predicted octanol–water partition coefficient (Wildman–Crippen LogP) is 4.52. The minimum Gasteiger partial charge on any atom is -0.460 e. The van der Waals surface area contributed by atoms with Crippen molar-refractivity contribution in [3.8, 4) is 0 Å². The summed E-state index contributed by atoms with van der Waals surface area (Å²) in [5.41, 5.74) is 2.51. The number of hydrogen-bond donors (Lipinski definition) is 1. The first-order valence-electron chi connectivity index (χ1n) is 10.5. The van der Waals surface area contributed by atoms with Crippen LogP contribution in [0.15, 0.2) is 77.1 Å². The van der Waals surface area contributed by atoms with Gasteiger partial charge in [0.15, 0.2) is 0 Å². The number of benzene rings is 2. The molecule has 2 aromatic rings. The SMILES string of the molecule is CC1=C(C(=O)OCc2ccccc2)C(c2cccc([N+](=O)[O-])c2)C(C(=O)OC(C)C)=C(C)N1. The normalized spacial score (nSPS) is 15.8.